The van der Waals surface area contributed by atoms with E-state index in [0.717, 1.165) is 22.8 Å². The third kappa shape index (κ3) is 6.74. The molecule has 160 valence electrons. The normalized spacial score (nSPS) is 11.1. The van der Waals surface area contributed by atoms with Gasteiger partial charge in [0.2, 0.25) is 0 Å². The van der Waals surface area contributed by atoms with Gasteiger partial charge < -0.3 is 4.57 Å². The molecule has 0 fully saturated rings. The first-order valence-electron chi connectivity index (χ1n) is 11.7. The molecule has 0 aliphatic heterocycles. The zero-order valence-corrected chi connectivity index (χ0v) is 19.1. The van der Waals surface area contributed by atoms with E-state index < -0.39 is 0 Å². The van der Waals surface area contributed by atoms with Crippen LogP contribution in [0.1, 0.15) is 71.1 Å². The summed E-state index contributed by atoms with van der Waals surface area (Å²) in [6.07, 6.45) is 15.5. The maximum absolute atomic E-state index is 6.24. The molecule has 0 spiro atoms. The van der Waals surface area contributed by atoms with E-state index in [2.05, 4.69) is 47.9 Å². The standard InChI is InChI=1S/C27H35ClN2/c1-2-3-4-5-6-7-8-9-10-14-20-30-22-29-26(24-18-15-19-25(28)21-24)27(30)23-16-12-11-13-17-23/h11-13,15-19,21-22H,2-10,14,20H2,1H3. The number of imidazole rings is 1. The van der Waals surface area contributed by atoms with Crippen molar-refractivity contribution in [1.82, 2.24) is 9.55 Å². The summed E-state index contributed by atoms with van der Waals surface area (Å²) in [5.74, 6) is 0. The molecule has 30 heavy (non-hydrogen) atoms. The molecule has 3 rings (SSSR count). The van der Waals surface area contributed by atoms with Gasteiger partial charge in [0.1, 0.15) is 0 Å². The fourth-order valence-electron chi connectivity index (χ4n) is 4.07. The van der Waals surface area contributed by atoms with Gasteiger partial charge in [-0.2, -0.15) is 0 Å². The molecule has 0 saturated heterocycles. The number of aryl methyl sites for hydroxylation is 1. The van der Waals surface area contributed by atoms with Crippen molar-refractivity contribution < 1.29 is 0 Å². The Labute approximate surface area is 187 Å². The minimum atomic E-state index is 0.746. The first-order valence-corrected chi connectivity index (χ1v) is 12.0. The van der Waals surface area contributed by atoms with Gasteiger partial charge in [0.25, 0.3) is 0 Å². The highest BCUT2D eigenvalue weighted by molar-refractivity contribution is 6.30. The Kier molecular flexibility index (Phi) is 9.50. The third-order valence-electron chi connectivity index (χ3n) is 5.74. The van der Waals surface area contributed by atoms with Crippen molar-refractivity contribution in [3.8, 4) is 22.5 Å². The van der Waals surface area contributed by atoms with E-state index in [-0.39, 0.29) is 0 Å². The average Bonchev–Trinajstić information content (AvgIpc) is 3.19. The van der Waals surface area contributed by atoms with Gasteiger partial charge in [-0.1, -0.05) is 119 Å². The van der Waals surface area contributed by atoms with E-state index in [1.54, 1.807) is 0 Å². The largest absolute Gasteiger partial charge is 0.330 e. The molecule has 0 amide bonds. The molecule has 2 nitrogen and oxygen atoms in total. The maximum Gasteiger partial charge on any atom is 0.0963 e. The van der Waals surface area contributed by atoms with E-state index in [1.807, 2.05) is 24.5 Å². The van der Waals surface area contributed by atoms with Crippen LogP contribution in [0.25, 0.3) is 22.5 Å². The molecule has 3 aromatic rings. The predicted molar refractivity (Wildman–Crippen MR) is 130 cm³/mol. The summed E-state index contributed by atoms with van der Waals surface area (Å²) in [4.78, 5) is 4.77. The molecule has 0 radical (unpaired) electrons. The van der Waals surface area contributed by atoms with Crippen molar-refractivity contribution in [3.05, 3.63) is 65.9 Å². The lowest BCUT2D eigenvalue weighted by Crippen LogP contribution is -2.00. The van der Waals surface area contributed by atoms with Gasteiger partial charge in [-0.25, -0.2) is 4.98 Å². The van der Waals surface area contributed by atoms with Crippen molar-refractivity contribution >= 4 is 11.6 Å². The molecule has 3 heteroatoms. The fraction of sp³-hybridized carbons (Fsp3) is 0.444. The van der Waals surface area contributed by atoms with Crippen LogP contribution in [-0.2, 0) is 6.54 Å². The highest BCUT2D eigenvalue weighted by atomic mass is 35.5. The van der Waals surface area contributed by atoms with Crippen LogP contribution in [0.15, 0.2) is 60.9 Å². The summed E-state index contributed by atoms with van der Waals surface area (Å²) in [5, 5.41) is 0.746. The summed E-state index contributed by atoms with van der Waals surface area (Å²) in [6.45, 7) is 3.29. The molecule has 0 N–H and O–H groups in total. The Hall–Kier alpha value is -2.06. The Morgan fingerprint density at radius 2 is 1.37 bits per heavy atom. The van der Waals surface area contributed by atoms with E-state index in [1.165, 1.54) is 75.5 Å². The van der Waals surface area contributed by atoms with Gasteiger partial charge in [-0.15, -0.1) is 0 Å². The number of unbranched alkanes of at least 4 members (excludes halogenated alkanes) is 9. The summed E-state index contributed by atoms with van der Waals surface area (Å²) in [7, 11) is 0. The van der Waals surface area contributed by atoms with Gasteiger partial charge in [0, 0.05) is 22.7 Å². The number of hydrogen-bond acceptors (Lipinski definition) is 1. The Balaban J connectivity index is 1.58. The third-order valence-corrected chi connectivity index (χ3v) is 5.97. The molecule has 0 aliphatic carbocycles. The SMILES string of the molecule is CCCCCCCCCCCCn1cnc(-c2cccc(Cl)c2)c1-c1ccccc1. The van der Waals surface area contributed by atoms with Crippen LogP contribution in [-0.4, -0.2) is 9.55 Å². The van der Waals surface area contributed by atoms with Crippen LogP contribution < -0.4 is 0 Å². The predicted octanol–water partition coefficient (Wildman–Crippen LogP) is 8.79. The number of rotatable bonds is 13. The molecule has 0 aliphatic rings. The maximum atomic E-state index is 6.24. The van der Waals surface area contributed by atoms with Crippen molar-refractivity contribution in [2.75, 3.05) is 0 Å². The number of halogens is 1. The monoisotopic (exact) mass is 422 g/mol. The zero-order chi connectivity index (χ0) is 21.0. The second-order valence-corrected chi connectivity index (χ2v) is 8.63. The minimum Gasteiger partial charge on any atom is -0.330 e. The average molecular weight is 423 g/mol. The van der Waals surface area contributed by atoms with Crippen molar-refractivity contribution in [1.29, 1.82) is 0 Å². The lowest BCUT2D eigenvalue weighted by molar-refractivity contribution is 0.536. The van der Waals surface area contributed by atoms with Crippen LogP contribution in [0.5, 0.6) is 0 Å². The Morgan fingerprint density at radius 3 is 2.03 bits per heavy atom. The second-order valence-electron chi connectivity index (χ2n) is 8.19. The van der Waals surface area contributed by atoms with Crippen LogP contribution in [0.4, 0.5) is 0 Å². The number of aromatic nitrogens is 2. The van der Waals surface area contributed by atoms with Crippen LogP contribution in [0.3, 0.4) is 0 Å². The molecule has 1 heterocycles. The summed E-state index contributed by atoms with van der Waals surface area (Å²) in [6, 6.07) is 18.6. The quantitative estimate of drug-likeness (QED) is 0.251. The van der Waals surface area contributed by atoms with Gasteiger partial charge in [-0.3, -0.25) is 0 Å². The second kappa shape index (κ2) is 12.6. The first-order chi connectivity index (χ1) is 14.8. The lowest BCUT2D eigenvalue weighted by Gasteiger charge is -2.11. The number of hydrogen-bond donors (Lipinski definition) is 0. The summed E-state index contributed by atoms with van der Waals surface area (Å²) < 4.78 is 2.32. The topological polar surface area (TPSA) is 17.8 Å². The molecule has 0 saturated carbocycles. The van der Waals surface area contributed by atoms with E-state index in [4.69, 9.17) is 16.6 Å². The molecule has 0 bridgehead atoms. The van der Waals surface area contributed by atoms with Crippen molar-refractivity contribution in [3.63, 3.8) is 0 Å². The number of nitrogens with zero attached hydrogens (tertiary/aromatic N) is 2. The molecule has 1 aromatic heterocycles. The smallest absolute Gasteiger partial charge is 0.0963 e. The molecule has 0 atom stereocenters. The van der Waals surface area contributed by atoms with Crippen LogP contribution in [0.2, 0.25) is 5.02 Å². The van der Waals surface area contributed by atoms with Crippen molar-refractivity contribution in [2.45, 2.75) is 77.7 Å². The molecular formula is C27H35ClN2. The minimum absolute atomic E-state index is 0.746. The van der Waals surface area contributed by atoms with Crippen LogP contribution in [0, 0.1) is 0 Å². The van der Waals surface area contributed by atoms with Gasteiger partial charge in [0.15, 0.2) is 0 Å². The first kappa shape index (κ1) is 22.6. The highest BCUT2D eigenvalue weighted by Gasteiger charge is 2.15. The van der Waals surface area contributed by atoms with Crippen LogP contribution >= 0.6 is 11.6 Å². The zero-order valence-electron chi connectivity index (χ0n) is 18.3. The van der Waals surface area contributed by atoms with E-state index in [9.17, 15) is 0 Å². The lowest BCUT2D eigenvalue weighted by atomic mass is 10.0. The molecular weight excluding hydrogens is 388 g/mol. The van der Waals surface area contributed by atoms with Gasteiger partial charge >= 0.3 is 0 Å². The van der Waals surface area contributed by atoms with E-state index in [0.29, 0.717) is 0 Å². The highest BCUT2D eigenvalue weighted by Crippen LogP contribution is 2.32. The molecule has 2 aromatic carbocycles. The fourth-order valence-corrected chi connectivity index (χ4v) is 4.26. The summed E-state index contributed by atoms with van der Waals surface area (Å²) >= 11 is 6.24. The van der Waals surface area contributed by atoms with Gasteiger partial charge in [-0.05, 0) is 18.6 Å². The van der Waals surface area contributed by atoms with E-state index >= 15 is 0 Å². The Morgan fingerprint density at radius 1 is 0.733 bits per heavy atom. The number of benzene rings is 2. The summed E-state index contributed by atoms with van der Waals surface area (Å²) in [5.41, 5.74) is 4.48. The molecule has 0 unspecified atom stereocenters. The van der Waals surface area contributed by atoms with Gasteiger partial charge in [0.05, 0.1) is 17.7 Å². The van der Waals surface area contributed by atoms with Crippen molar-refractivity contribution in [2.24, 2.45) is 0 Å². The Bertz CT molecular complexity index is 870.